The number of benzene rings is 1. The van der Waals surface area contributed by atoms with Crippen molar-refractivity contribution in [1.82, 2.24) is 5.32 Å². The van der Waals surface area contributed by atoms with E-state index in [1.807, 2.05) is 32.2 Å². The molecule has 1 aliphatic carbocycles. The lowest BCUT2D eigenvalue weighted by Crippen LogP contribution is -2.18. The van der Waals surface area contributed by atoms with Crippen LogP contribution in [0.4, 0.5) is 0 Å². The minimum Gasteiger partial charge on any atom is -0.507 e. The molecule has 1 aromatic carbocycles. The summed E-state index contributed by atoms with van der Waals surface area (Å²) in [5.41, 5.74) is 5.40. The molecule has 0 atom stereocenters. The van der Waals surface area contributed by atoms with Crippen molar-refractivity contribution in [1.29, 1.82) is 0 Å². The van der Waals surface area contributed by atoms with E-state index in [9.17, 15) is 5.11 Å². The number of hydrogen-bond donors (Lipinski definition) is 2. The van der Waals surface area contributed by atoms with Gasteiger partial charge in [0.05, 0.1) is 10.7 Å². The zero-order valence-corrected chi connectivity index (χ0v) is 15.6. The lowest BCUT2D eigenvalue weighted by atomic mass is 10.1. The van der Waals surface area contributed by atoms with E-state index in [1.54, 1.807) is 17.8 Å². The van der Waals surface area contributed by atoms with E-state index in [2.05, 4.69) is 10.3 Å². The van der Waals surface area contributed by atoms with Gasteiger partial charge in [0.15, 0.2) is 0 Å². The molecule has 1 aromatic rings. The van der Waals surface area contributed by atoms with Gasteiger partial charge >= 0.3 is 0 Å². The molecule has 23 heavy (non-hydrogen) atoms. The van der Waals surface area contributed by atoms with Gasteiger partial charge < -0.3 is 10.4 Å². The number of allylic oxidation sites excluding steroid dienone is 1. The second kappa shape index (κ2) is 8.50. The average molecular weight is 349 g/mol. The number of thioether (sulfide) groups is 1. The highest BCUT2D eigenvalue weighted by Crippen LogP contribution is 2.28. The van der Waals surface area contributed by atoms with E-state index >= 15 is 0 Å². The van der Waals surface area contributed by atoms with Gasteiger partial charge in [-0.15, -0.1) is 11.8 Å². The number of aromatic hydroxyl groups is 1. The van der Waals surface area contributed by atoms with E-state index in [1.165, 1.54) is 17.7 Å². The number of nitrogens with zero attached hydrogens (tertiary/aromatic N) is 1. The molecule has 0 unspecified atom stereocenters. The van der Waals surface area contributed by atoms with Crippen molar-refractivity contribution in [2.45, 2.75) is 33.1 Å². The van der Waals surface area contributed by atoms with Crippen LogP contribution in [0.5, 0.6) is 5.75 Å². The highest BCUT2D eigenvalue weighted by atomic mass is 32.2. The van der Waals surface area contributed by atoms with E-state index in [0.717, 1.165) is 40.4 Å². The standard InChI is InChI=1S/C18H24N2OS2/c1-12-7-8-17(21)15(11-12)13(2)19-9-10-20-16-6-4-5-14(16)18(22)23-3/h7-8,11,20-21H,4-6,9-10H2,1-3H3. The third-order valence-corrected chi connectivity index (χ3v) is 5.35. The van der Waals surface area contributed by atoms with Crippen molar-refractivity contribution in [3.05, 3.63) is 40.6 Å². The average Bonchev–Trinajstić information content (AvgIpc) is 3.01. The first-order valence-corrected chi connectivity index (χ1v) is 9.51. The molecule has 2 N–H and O–H groups in total. The molecule has 0 aliphatic heterocycles. The van der Waals surface area contributed by atoms with Crippen molar-refractivity contribution in [2.75, 3.05) is 19.3 Å². The second-order valence-corrected chi connectivity index (χ2v) is 7.20. The van der Waals surface area contributed by atoms with Crippen molar-refractivity contribution >= 4 is 33.9 Å². The summed E-state index contributed by atoms with van der Waals surface area (Å²) in [5.74, 6) is 0.288. The van der Waals surface area contributed by atoms with Crippen LogP contribution >= 0.6 is 24.0 Å². The van der Waals surface area contributed by atoms with Crippen LogP contribution in [0.2, 0.25) is 0 Å². The van der Waals surface area contributed by atoms with E-state index < -0.39 is 0 Å². The summed E-state index contributed by atoms with van der Waals surface area (Å²) < 4.78 is 1.01. The third kappa shape index (κ3) is 4.82. The number of hydrogen-bond acceptors (Lipinski definition) is 5. The maximum Gasteiger partial charge on any atom is 0.124 e. The third-order valence-electron chi connectivity index (χ3n) is 3.99. The summed E-state index contributed by atoms with van der Waals surface area (Å²) in [6.45, 7) is 5.43. The largest absolute Gasteiger partial charge is 0.507 e. The van der Waals surface area contributed by atoms with E-state index in [0.29, 0.717) is 6.54 Å². The Balaban J connectivity index is 1.94. The molecule has 1 aliphatic rings. The van der Waals surface area contributed by atoms with E-state index in [4.69, 9.17) is 12.2 Å². The van der Waals surface area contributed by atoms with Crippen molar-refractivity contribution in [3.8, 4) is 5.75 Å². The Labute approximate surface area is 148 Å². The van der Waals surface area contributed by atoms with Crippen LogP contribution in [0.25, 0.3) is 0 Å². The van der Waals surface area contributed by atoms with Crippen LogP contribution < -0.4 is 5.32 Å². The molecule has 0 saturated carbocycles. The van der Waals surface area contributed by atoms with Gasteiger partial charge in [0.2, 0.25) is 0 Å². The van der Waals surface area contributed by atoms with Crippen LogP contribution in [-0.2, 0) is 0 Å². The number of thiocarbonyl (C=S) groups is 1. The molecule has 0 aromatic heterocycles. The molecular weight excluding hydrogens is 324 g/mol. The normalized spacial score (nSPS) is 15.2. The van der Waals surface area contributed by atoms with Gasteiger partial charge in [0.25, 0.3) is 0 Å². The molecule has 0 bridgehead atoms. The summed E-state index contributed by atoms with van der Waals surface area (Å²) in [7, 11) is 0. The van der Waals surface area contributed by atoms with E-state index in [-0.39, 0.29) is 5.75 Å². The van der Waals surface area contributed by atoms with Crippen LogP contribution in [0.15, 0.2) is 34.5 Å². The number of rotatable bonds is 6. The predicted molar refractivity (Wildman–Crippen MR) is 105 cm³/mol. The predicted octanol–water partition coefficient (Wildman–Crippen LogP) is 4.23. The monoisotopic (exact) mass is 348 g/mol. The first kappa shape index (κ1) is 18.0. The zero-order chi connectivity index (χ0) is 16.8. The fraction of sp³-hybridized carbons (Fsp3) is 0.444. The second-order valence-electron chi connectivity index (χ2n) is 5.72. The Morgan fingerprint density at radius 3 is 2.91 bits per heavy atom. The summed E-state index contributed by atoms with van der Waals surface area (Å²) in [4.78, 5) is 4.58. The number of phenols is 1. The molecule has 0 amide bonds. The van der Waals surface area contributed by atoms with Crippen molar-refractivity contribution < 1.29 is 5.11 Å². The highest BCUT2D eigenvalue weighted by molar-refractivity contribution is 8.23. The van der Waals surface area contributed by atoms with Crippen LogP contribution in [0.1, 0.15) is 37.3 Å². The Morgan fingerprint density at radius 2 is 2.17 bits per heavy atom. The maximum atomic E-state index is 9.94. The summed E-state index contributed by atoms with van der Waals surface area (Å²) in [5, 5.41) is 13.4. The minimum absolute atomic E-state index is 0.288. The SMILES string of the molecule is CSC(=S)C1=C(NCCN=C(C)c2cc(C)ccc2O)CCC1. The summed E-state index contributed by atoms with van der Waals surface area (Å²) >= 11 is 7.06. The van der Waals surface area contributed by atoms with Crippen LogP contribution in [-0.4, -0.2) is 34.4 Å². The summed E-state index contributed by atoms with van der Waals surface area (Å²) in [6, 6.07) is 5.59. The zero-order valence-electron chi connectivity index (χ0n) is 14.0. The molecule has 0 spiro atoms. The molecule has 0 fully saturated rings. The highest BCUT2D eigenvalue weighted by Gasteiger charge is 2.17. The minimum atomic E-state index is 0.288. The summed E-state index contributed by atoms with van der Waals surface area (Å²) in [6.07, 6.45) is 5.38. The molecule has 3 nitrogen and oxygen atoms in total. The lowest BCUT2D eigenvalue weighted by molar-refractivity contribution is 0.474. The Morgan fingerprint density at radius 1 is 1.39 bits per heavy atom. The molecule has 0 saturated heterocycles. The first-order chi connectivity index (χ1) is 11.0. The Hall–Kier alpha value is -1.33. The number of aliphatic imine (C=N–C) groups is 1. The fourth-order valence-electron chi connectivity index (χ4n) is 2.74. The molecule has 5 heteroatoms. The van der Waals surface area contributed by atoms with Gasteiger partial charge in [-0.3, -0.25) is 4.99 Å². The lowest BCUT2D eigenvalue weighted by Gasteiger charge is -2.10. The van der Waals surface area contributed by atoms with Gasteiger partial charge in [-0.25, -0.2) is 0 Å². The Kier molecular flexibility index (Phi) is 6.66. The molecule has 0 radical (unpaired) electrons. The molecular formula is C18H24N2OS2. The van der Waals surface area contributed by atoms with Gasteiger partial charge in [0, 0.05) is 23.5 Å². The topological polar surface area (TPSA) is 44.6 Å². The van der Waals surface area contributed by atoms with Crippen LogP contribution in [0.3, 0.4) is 0 Å². The van der Waals surface area contributed by atoms with Gasteiger partial charge in [-0.05, 0) is 57.1 Å². The van der Waals surface area contributed by atoms with Gasteiger partial charge in [0.1, 0.15) is 5.75 Å². The smallest absolute Gasteiger partial charge is 0.124 e. The maximum absolute atomic E-state index is 9.94. The van der Waals surface area contributed by atoms with Crippen LogP contribution in [0, 0.1) is 6.92 Å². The number of phenolic OH excluding ortho intramolecular Hbond substituents is 1. The Bertz CT molecular complexity index is 650. The van der Waals surface area contributed by atoms with Crippen molar-refractivity contribution in [3.63, 3.8) is 0 Å². The van der Waals surface area contributed by atoms with Crippen molar-refractivity contribution in [2.24, 2.45) is 4.99 Å². The molecule has 0 heterocycles. The quantitative estimate of drug-likeness (QED) is 0.459. The number of nitrogens with one attached hydrogen (secondary N) is 1. The molecule has 124 valence electrons. The van der Waals surface area contributed by atoms with Gasteiger partial charge in [-0.1, -0.05) is 23.8 Å². The number of aryl methyl sites for hydroxylation is 1. The fourth-order valence-corrected chi connectivity index (χ4v) is 3.44. The first-order valence-electron chi connectivity index (χ1n) is 7.88. The molecule has 2 rings (SSSR count). The van der Waals surface area contributed by atoms with Gasteiger partial charge in [-0.2, -0.15) is 0 Å².